The fraction of sp³-hybridized carbons (Fsp3) is 0.130. The van der Waals surface area contributed by atoms with E-state index in [-0.39, 0.29) is 29.2 Å². The van der Waals surface area contributed by atoms with Gasteiger partial charge in [-0.05, 0) is 35.4 Å². The smallest absolute Gasteiger partial charge is 0.340 e. The molecular formula is C23H20FN5O5. The third-order valence-corrected chi connectivity index (χ3v) is 5.43. The summed E-state index contributed by atoms with van der Waals surface area (Å²) in [6.07, 6.45) is -0.0499. The third-order valence-electron chi connectivity index (χ3n) is 5.43. The third kappa shape index (κ3) is 3.77. The predicted molar refractivity (Wildman–Crippen MR) is 118 cm³/mol. The summed E-state index contributed by atoms with van der Waals surface area (Å²) in [5.41, 5.74) is 9.95. The molecular weight excluding hydrogens is 445 g/mol. The summed E-state index contributed by atoms with van der Waals surface area (Å²) in [7, 11) is 0. The van der Waals surface area contributed by atoms with E-state index < -0.39 is 35.2 Å². The lowest BCUT2D eigenvalue weighted by atomic mass is 9.86. The second-order valence-electron chi connectivity index (χ2n) is 7.53. The number of nitrogen functional groups attached to an aromatic ring is 1. The van der Waals surface area contributed by atoms with Gasteiger partial charge in [-0.2, -0.15) is 0 Å². The second kappa shape index (κ2) is 8.79. The maximum Gasteiger partial charge on any atom is 0.340 e. The average molecular weight is 465 g/mol. The van der Waals surface area contributed by atoms with Crippen LogP contribution in [0.3, 0.4) is 0 Å². The zero-order valence-electron chi connectivity index (χ0n) is 17.6. The number of aromatic nitrogens is 1. The van der Waals surface area contributed by atoms with Crippen molar-refractivity contribution >= 4 is 29.3 Å². The number of anilines is 2. The van der Waals surface area contributed by atoms with Crippen LogP contribution in [0.1, 0.15) is 22.8 Å². The fourth-order valence-corrected chi connectivity index (χ4v) is 3.79. The number of pyridine rings is 1. The Balaban J connectivity index is 1.83. The van der Waals surface area contributed by atoms with Crippen molar-refractivity contribution in [2.75, 3.05) is 10.8 Å². The van der Waals surface area contributed by atoms with Crippen molar-refractivity contribution in [2.45, 2.75) is 18.2 Å². The molecule has 1 aliphatic rings. The summed E-state index contributed by atoms with van der Waals surface area (Å²) in [4.78, 5) is 48.2. The van der Waals surface area contributed by atoms with Crippen molar-refractivity contribution in [3.63, 3.8) is 0 Å². The predicted octanol–water partition coefficient (Wildman–Crippen LogP) is 1.38. The number of rotatable bonds is 7. The van der Waals surface area contributed by atoms with Crippen molar-refractivity contribution in [3.05, 3.63) is 89.4 Å². The van der Waals surface area contributed by atoms with E-state index in [0.29, 0.717) is 5.56 Å². The number of aliphatic carboxylic acids is 1. The van der Waals surface area contributed by atoms with Crippen molar-refractivity contribution in [1.29, 1.82) is 0 Å². The number of amides is 2. The van der Waals surface area contributed by atoms with E-state index in [9.17, 15) is 23.9 Å². The van der Waals surface area contributed by atoms with Gasteiger partial charge in [0.05, 0.1) is 5.69 Å². The number of benzene rings is 2. The second-order valence-corrected chi connectivity index (χ2v) is 7.53. The quantitative estimate of drug-likeness (QED) is 0.381. The number of hydroxylamine groups is 1. The van der Waals surface area contributed by atoms with E-state index in [1.54, 1.807) is 24.3 Å². The highest BCUT2D eigenvalue weighted by molar-refractivity contribution is 6.13. The topological polar surface area (TPSA) is 161 Å². The number of primary amides is 1. The first-order chi connectivity index (χ1) is 16.2. The molecule has 11 heteroatoms. The number of hydrogen-bond acceptors (Lipinski definition) is 7. The summed E-state index contributed by atoms with van der Waals surface area (Å²) in [6.45, 7) is -0.0554. The summed E-state index contributed by atoms with van der Waals surface area (Å²) in [6, 6.07) is 13.9. The maximum atomic E-state index is 13.7. The van der Waals surface area contributed by atoms with Gasteiger partial charge in [0, 0.05) is 18.3 Å². The summed E-state index contributed by atoms with van der Waals surface area (Å²) in [5, 5.41) is 13.2. The molecule has 6 N–H and O–H groups in total. The van der Waals surface area contributed by atoms with Gasteiger partial charge in [0.1, 0.15) is 11.6 Å². The summed E-state index contributed by atoms with van der Waals surface area (Å²) < 4.78 is 13.7. The van der Waals surface area contributed by atoms with Gasteiger partial charge in [-0.3, -0.25) is 14.4 Å². The van der Waals surface area contributed by atoms with Gasteiger partial charge < -0.3 is 21.9 Å². The highest BCUT2D eigenvalue weighted by Crippen LogP contribution is 2.45. The number of fused-ring (bicyclic) bond motifs is 1. The molecule has 1 aliphatic heterocycles. The minimum Gasteiger partial charge on any atom is -0.479 e. The van der Waals surface area contributed by atoms with Gasteiger partial charge in [-0.1, -0.05) is 36.4 Å². The van der Waals surface area contributed by atoms with Gasteiger partial charge >= 0.3 is 5.97 Å². The fourth-order valence-electron chi connectivity index (χ4n) is 3.79. The molecule has 3 aromatic rings. The molecule has 0 aliphatic carbocycles. The van der Waals surface area contributed by atoms with Gasteiger partial charge in [-0.25, -0.2) is 19.2 Å². The Bertz CT molecular complexity index is 1250. The lowest BCUT2D eigenvalue weighted by Gasteiger charge is -2.38. The highest BCUT2D eigenvalue weighted by Gasteiger charge is 2.57. The first-order valence-electron chi connectivity index (χ1n) is 10.1. The van der Waals surface area contributed by atoms with E-state index in [1.807, 2.05) is 0 Å². The molecule has 1 unspecified atom stereocenters. The van der Waals surface area contributed by atoms with E-state index >= 15 is 0 Å². The van der Waals surface area contributed by atoms with Crippen LogP contribution in [0.5, 0.6) is 0 Å². The number of nitrogens with two attached hydrogens (primary N) is 2. The Morgan fingerprint density at radius 3 is 2.44 bits per heavy atom. The SMILES string of the molecule is NC(=O)[C@](C(=O)NCc1ccc(N)nc1)(c1ccc(F)cc1)N1OC(C(=O)O)c2ccccc21. The number of para-hydroxylation sites is 1. The molecule has 4 rings (SSSR count). The van der Waals surface area contributed by atoms with Crippen LogP contribution in [0, 0.1) is 5.82 Å². The van der Waals surface area contributed by atoms with Crippen molar-refractivity contribution in [1.82, 2.24) is 10.3 Å². The Morgan fingerprint density at radius 1 is 1.12 bits per heavy atom. The van der Waals surface area contributed by atoms with Crippen LogP contribution in [0.15, 0.2) is 66.9 Å². The van der Waals surface area contributed by atoms with Crippen molar-refractivity contribution in [3.8, 4) is 0 Å². The molecule has 0 radical (unpaired) electrons. The van der Waals surface area contributed by atoms with E-state index in [4.69, 9.17) is 16.3 Å². The number of carbonyl (C=O) groups excluding carboxylic acids is 2. The van der Waals surface area contributed by atoms with Crippen LogP contribution < -0.4 is 21.8 Å². The van der Waals surface area contributed by atoms with E-state index in [0.717, 1.165) is 17.2 Å². The summed E-state index contributed by atoms with van der Waals surface area (Å²) >= 11 is 0. The first kappa shape index (κ1) is 22.7. The summed E-state index contributed by atoms with van der Waals surface area (Å²) in [5.74, 6) is -3.73. The van der Waals surface area contributed by atoms with E-state index in [1.165, 1.54) is 30.5 Å². The largest absolute Gasteiger partial charge is 0.479 e. The number of nitrogens with zero attached hydrogens (tertiary/aromatic N) is 2. The molecule has 10 nitrogen and oxygen atoms in total. The molecule has 0 fully saturated rings. The normalized spacial score (nSPS) is 16.4. The number of carboxylic acids is 1. The van der Waals surface area contributed by atoms with Crippen LogP contribution in [0.25, 0.3) is 0 Å². The minimum absolute atomic E-state index is 0.0184. The average Bonchev–Trinajstić information content (AvgIpc) is 3.20. The van der Waals surface area contributed by atoms with Crippen LogP contribution in [-0.4, -0.2) is 27.9 Å². The zero-order valence-corrected chi connectivity index (χ0v) is 17.6. The molecule has 0 saturated carbocycles. The van der Waals surface area contributed by atoms with Crippen LogP contribution in [0.2, 0.25) is 0 Å². The molecule has 1 aromatic heterocycles. The molecule has 0 saturated heterocycles. The maximum absolute atomic E-state index is 13.7. The molecule has 2 atom stereocenters. The van der Waals surface area contributed by atoms with Crippen molar-refractivity contribution < 1.29 is 28.7 Å². The molecule has 0 spiro atoms. The lowest BCUT2D eigenvalue weighted by Crippen LogP contribution is -2.63. The standard InChI is InChI=1S/C23H20FN5O5/c24-15-8-6-14(7-9-15)23(21(26)32,22(33)28-12-13-5-10-18(25)27-11-13)29-17-4-2-1-3-16(17)19(34-29)20(30)31/h1-11,19H,12H2,(H2,25,27)(H2,26,32)(H,28,33)(H,30,31)/t19?,23-/m0/s1. The molecule has 174 valence electrons. The zero-order chi connectivity index (χ0) is 24.5. The lowest BCUT2D eigenvalue weighted by molar-refractivity contribution is -0.156. The number of halogens is 1. The molecule has 0 bridgehead atoms. The van der Waals surface area contributed by atoms with Crippen molar-refractivity contribution in [2.24, 2.45) is 5.73 Å². The molecule has 2 heterocycles. The Labute approximate surface area is 192 Å². The number of nitrogens with one attached hydrogen (secondary N) is 1. The van der Waals surface area contributed by atoms with Gasteiger partial charge in [0.25, 0.3) is 11.8 Å². The monoisotopic (exact) mass is 465 g/mol. The number of carbonyl (C=O) groups is 3. The van der Waals surface area contributed by atoms with Crippen LogP contribution in [0.4, 0.5) is 15.9 Å². The van der Waals surface area contributed by atoms with Crippen LogP contribution in [-0.2, 0) is 31.3 Å². The highest BCUT2D eigenvalue weighted by atomic mass is 19.1. The Hall–Kier alpha value is -4.51. The molecule has 34 heavy (non-hydrogen) atoms. The number of carboxylic acid groups (broad SMARTS) is 1. The van der Waals surface area contributed by atoms with Gasteiger partial charge in [0.2, 0.25) is 11.6 Å². The van der Waals surface area contributed by atoms with Gasteiger partial charge in [0.15, 0.2) is 0 Å². The molecule has 2 aromatic carbocycles. The Morgan fingerprint density at radius 2 is 1.82 bits per heavy atom. The first-order valence-corrected chi connectivity index (χ1v) is 10.1. The van der Waals surface area contributed by atoms with E-state index in [2.05, 4.69) is 10.3 Å². The van der Waals surface area contributed by atoms with Gasteiger partial charge in [-0.15, -0.1) is 0 Å². The molecule has 2 amide bonds. The number of hydrogen-bond donors (Lipinski definition) is 4. The van der Waals surface area contributed by atoms with Crippen LogP contribution >= 0.6 is 0 Å². The minimum atomic E-state index is -2.37. The Kier molecular flexibility index (Phi) is 5.86.